The van der Waals surface area contributed by atoms with Crippen LogP contribution in [-0.2, 0) is 11.8 Å². The van der Waals surface area contributed by atoms with Crippen molar-refractivity contribution in [2.75, 3.05) is 6.54 Å². The lowest BCUT2D eigenvalue weighted by molar-refractivity contribution is -0.126. The molecule has 21 heavy (non-hydrogen) atoms. The van der Waals surface area contributed by atoms with Gasteiger partial charge in [0, 0.05) is 31.6 Å². The molecule has 2 aromatic rings. The number of rotatable bonds is 3. The number of furan rings is 1. The minimum atomic E-state index is 0.0488. The highest BCUT2D eigenvalue weighted by Crippen LogP contribution is 2.32. The Kier molecular flexibility index (Phi) is 3.69. The average molecular weight is 284 g/mol. The molecule has 0 spiro atoms. The molecule has 0 saturated carbocycles. The molecule has 1 amide bonds. The second kappa shape index (κ2) is 5.64. The third-order valence-electron chi connectivity index (χ3n) is 4.01. The van der Waals surface area contributed by atoms with Gasteiger partial charge in [-0.3, -0.25) is 4.79 Å². The fourth-order valence-electron chi connectivity index (χ4n) is 2.95. The molecule has 0 N–H and O–H groups in total. The smallest absolute Gasteiger partial charge is 0.247 e. The summed E-state index contributed by atoms with van der Waals surface area (Å²) < 4.78 is 7.55. The Balaban J connectivity index is 1.74. The van der Waals surface area contributed by atoms with Gasteiger partial charge in [0.15, 0.2) is 0 Å². The third kappa shape index (κ3) is 2.79. The molecule has 3 heterocycles. The summed E-state index contributed by atoms with van der Waals surface area (Å²) in [4.78, 5) is 14.4. The quantitative estimate of drug-likeness (QED) is 0.811. The van der Waals surface area contributed by atoms with Crippen LogP contribution in [-0.4, -0.2) is 21.9 Å². The molecular formula is C17H20N2O2. The minimum Gasteiger partial charge on any atom is -0.462 e. The first-order chi connectivity index (χ1) is 10.1. The van der Waals surface area contributed by atoms with E-state index in [2.05, 4.69) is 10.6 Å². The number of nitrogens with zero attached hydrogens (tertiary/aromatic N) is 2. The zero-order valence-electron chi connectivity index (χ0n) is 12.5. The molecule has 0 bridgehead atoms. The molecule has 0 aliphatic carbocycles. The van der Waals surface area contributed by atoms with E-state index in [1.165, 1.54) is 5.69 Å². The van der Waals surface area contributed by atoms with E-state index in [1.807, 2.05) is 43.3 Å². The molecule has 1 fully saturated rings. The molecule has 0 unspecified atom stereocenters. The zero-order valence-corrected chi connectivity index (χ0v) is 12.5. The van der Waals surface area contributed by atoms with Crippen LogP contribution in [0.5, 0.6) is 0 Å². The van der Waals surface area contributed by atoms with Crippen molar-refractivity contribution in [3.05, 3.63) is 53.8 Å². The largest absolute Gasteiger partial charge is 0.462 e. The fraction of sp³-hybridized carbons (Fsp3) is 0.353. The molecule has 1 aliphatic heterocycles. The molecule has 0 radical (unpaired) electrons. The lowest BCUT2D eigenvalue weighted by Gasteiger charge is -2.24. The molecule has 4 nitrogen and oxygen atoms in total. The van der Waals surface area contributed by atoms with Gasteiger partial charge in [-0.1, -0.05) is 0 Å². The van der Waals surface area contributed by atoms with Gasteiger partial charge in [0.1, 0.15) is 11.5 Å². The van der Waals surface area contributed by atoms with Crippen molar-refractivity contribution in [2.24, 2.45) is 7.05 Å². The van der Waals surface area contributed by atoms with Crippen molar-refractivity contribution in [1.29, 1.82) is 0 Å². The van der Waals surface area contributed by atoms with Gasteiger partial charge in [-0.2, -0.15) is 0 Å². The van der Waals surface area contributed by atoms with Crippen LogP contribution in [0.15, 0.2) is 41.0 Å². The van der Waals surface area contributed by atoms with Crippen molar-refractivity contribution in [3.63, 3.8) is 0 Å². The fourth-order valence-corrected chi connectivity index (χ4v) is 2.95. The second-order valence-electron chi connectivity index (χ2n) is 5.52. The van der Waals surface area contributed by atoms with E-state index in [0.717, 1.165) is 30.9 Å². The number of carbonyl (C=O) groups excluding carboxylic acids is 1. The van der Waals surface area contributed by atoms with Gasteiger partial charge >= 0.3 is 0 Å². The van der Waals surface area contributed by atoms with Crippen molar-refractivity contribution >= 4 is 12.0 Å². The standard InChI is InChI=1S/C17H20N2O2/c1-13-7-8-14(21-13)9-10-17(20)19-12-4-6-16(19)15-5-3-11-18(15)2/h3,5,7-11,16H,4,6,12H2,1-2H3/b10-9-/t16-/m0/s1. The molecular weight excluding hydrogens is 264 g/mol. The van der Waals surface area contributed by atoms with Crippen molar-refractivity contribution in [3.8, 4) is 0 Å². The highest BCUT2D eigenvalue weighted by Gasteiger charge is 2.30. The predicted molar refractivity (Wildman–Crippen MR) is 81.6 cm³/mol. The molecule has 1 aliphatic rings. The summed E-state index contributed by atoms with van der Waals surface area (Å²) in [5, 5.41) is 0. The van der Waals surface area contributed by atoms with Crippen LogP contribution in [0.25, 0.3) is 6.08 Å². The maximum Gasteiger partial charge on any atom is 0.247 e. The number of hydrogen-bond donors (Lipinski definition) is 0. The van der Waals surface area contributed by atoms with Gasteiger partial charge in [-0.25, -0.2) is 0 Å². The Morgan fingerprint density at radius 3 is 2.90 bits per heavy atom. The normalized spacial score (nSPS) is 18.8. The summed E-state index contributed by atoms with van der Waals surface area (Å²) in [6, 6.07) is 8.07. The van der Waals surface area contributed by atoms with Gasteiger partial charge in [0.2, 0.25) is 5.91 Å². The highest BCUT2D eigenvalue weighted by molar-refractivity contribution is 5.91. The SMILES string of the molecule is Cc1ccc(/C=C\C(=O)N2CCC[C@H]2c2cccn2C)o1. The maximum atomic E-state index is 12.4. The Labute approximate surface area is 124 Å². The third-order valence-corrected chi connectivity index (χ3v) is 4.01. The van der Waals surface area contributed by atoms with E-state index in [4.69, 9.17) is 4.42 Å². The van der Waals surface area contributed by atoms with Crippen LogP contribution in [0, 0.1) is 6.92 Å². The van der Waals surface area contributed by atoms with Gasteiger partial charge in [-0.05, 0) is 50.1 Å². The van der Waals surface area contributed by atoms with E-state index in [-0.39, 0.29) is 11.9 Å². The van der Waals surface area contributed by atoms with E-state index >= 15 is 0 Å². The van der Waals surface area contributed by atoms with Crippen LogP contribution in [0.3, 0.4) is 0 Å². The van der Waals surface area contributed by atoms with Crippen LogP contribution in [0.2, 0.25) is 0 Å². The monoisotopic (exact) mass is 284 g/mol. The first kappa shape index (κ1) is 13.7. The summed E-state index contributed by atoms with van der Waals surface area (Å²) >= 11 is 0. The molecule has 1 atom stereocenters. The number of carbonyl (C=O) groups is 1. The van der Waals surface area contributed by atoms with Gasteiger partial charge in [0.05, 0.1) is 6.04 Å². The summed E-state index contributed by atoms with van der Waals surface area (Å²) in [7, 11) is 2.03. The Bertz CT molecular complexity index is 666. The van der Waals surface area contributed by atoms with Gasteiger partial charge < -0.3 is 13.9 Å². The second-order valence-corrected chi connectivity index (χ2v) is 5.52. The number of likely N-dealkylation sites (tertiary alicyclic amines) is 1. The predicted octanol–water partition coefficient (Wildman–Crippen LogP) is 3.30. The summed E-state index contributed by atoms with van der Waals surface area (Å²) in [5.41, 5.74) is 1.20. The molecule has 1 saturated heterocycles. The van der Waals surface area contributed by atoms with Crippen molar-refractivity contribution in [1.82, 2.24) is 9.47 Å². The Morgan fingerprint density at radius 1 is 1.38 bits per heavy atom. The Morgan fingerprint density at radius 2 is 2.24 bits per heavy atom. The first-order valence-electron chi connectivity index (χ1n) is 7.31. The Hall–Kier alpha value is -2.23. The van der Waals surface area contributed by atoms with E-state index < -0.39 is 0 Å². The molecule has 4 heteroatoms. The number of aryl methyl sites for hydroxylation is 2. The zero-order chi connectivity index (χ0) is 14.8. The van der Waals surface area contributed by atoms with E-state index in [0.29, 0.717) is 0 Å². The maximum absolute atomic E-state index is 12.4. The molecule has 2 aromatic heterocycles. The average Bonchev–Trinajstić information content (AvgIpc) is 3.16. The van der Waals surface area contributed by atoms with Crippen LogP contribution < -0.4 is 0 Å². The topological polar surface area (TPSA) is 38.4 Å². The lowest BCUT2D eigenvalue weighted by Crippen LogP contribution is -2.29. The molecule has 3 rings (SSSR count). The van der Waals surface area contributed by atoms with Crippen molar-refractivity contribution in [2.45, 2.75) is 25.8 Å². The summed E-state index contributed by atoms with van der Waals surface area (Å²) in [5.74, 6) is 1.62. The van der Waals surface area contributed by atoms with E-state index in [1.54, 1.807) is 12.2 Å². The summed E-state index contributed by atoms with van der Waals surface area (Å²) in [6.07, 6.45) is 7.46. The van der Waals surface area contributed by atoms with Crippen LogP contribution >= 0.6 is 0 Å². The molecule has 110 valence electrons. The number of aromatic nitrogens is 1. The minimum absolute atomic E-state index is 0.0488. The van der Waals surface area contributed by atoms with Gasteiger partial charge in [-0.15, -0.1) is 0 Å². The van der Waals surface area contributed by atoms with E-state index in [9.17, 15) is 4.79 Å². The van der Waals surface area contributed by atoms with Gasteiger partial charge in [0.25, 0.3) is 0 Å². The molecule has 0 aromatic carbocycles. The lowest BCUT2D eigenvalue weighted by atomic mass is 10.1. The number of hydrogen-bond acceptors (Lipinski definition) is 2. The van der Waals surface area contributed by atoms with Crippen molar-refractivity contribution < 1.29 is 9.21 Å². The van der Waals surface area contributed by atoms with Crippen LogP contribution in [0.4, 0.5) is 0 Å². The van der Waals surface area contributed by atoms with Crippen LogP contribution in [0.1, 0.15) is 36.1 Å². The highest BCUT2D eigenvalue weighted by atomic mass is 16.3. The first-order valence-corrected chi connectivity index (χ1v) is 7.31. The number of amides is 1. The summed E-state index contributed by atoms with van der Waals surface area (Å²) in [6.45, 7) is 2.71.